The number of rotatable bonds is 5. The Balaban J connectivity index is 1.94. The third kappa shape index (κ3) is 3.64. The van der Waals surface area contributed by atoms with Crippen LogP contribution in [0.15, 0.2) is 23.1 Å². The van der Waals surface area contributed by atoms with Crippen LogP contribution in [0.1, 0.15) is 12.8 Å². The summed E-state index contributed by atoms with van der Waals surface area (Å²) in [6.45, 7) is 1.24. The quantitative estimate of drug-likeness (QED) is 0.565. The first-order valence-electron chi connectivity index (χ1n) is 6.41. The van der Waals surface area contributed by atoms with E-state index in [-0.39, 0.29) is 24.2 Å². The van der Waals surface area contributed by atoms with Crippen molar-refractivity contribution in [1.82, 2.24) is 15.2 Å². The van der Waals surface area contributed by atoms with Gasteiger partial charge >= 0.3 is 0 Å². The fourth-order valence-corrected chi connectivity index (χ4v) is 2.13. The maximum atomic E-state index is 11.7. The molecule has 8 nitrogen and oxygen atoms in total. The van der Waals surface area contributed by atoms with E-state index in [2.05, 4.69) is 10.6 Å². The normalized spacial score (nSPS) is 17.9. The van der Waals surface area contributed by atoms with Gasteiger partial charge in [0.1, 0.15) is 6.54 Å². The first-order chi connectivity index (χ1) is 9.56. The van der Waals surface area contributed by atoms with Crippen molar-refractivity contribution in [1.29, 1.82) is 0 Å². The van der Waals surface area contributed by atoms with E-state index in [0.29, 0.717) is 6.54 Å². The first-order valence-corrected chi connectivity index (χ1v) is 6.41. The van der Waals surface area contributed by atoms with Crippen molar-refractivity contribution >= 4 is 11.6 Å². The van der Waals surface area contributed by atoms with Gasteiger partial charge in [-0.15, -0.1) is 0 Å². The Morgan fingerprint density at radius 3 is 3.00 bits per heavy atom. The van der Waals surface area contributed by atoms with E-state index in [1.54, 1.807) is 0 Å². The number of nitrogens with zero attached hydrogens (tertiary/aromatic N) is 2. The molecule has 0 radical (unpaired) electrons. The Kier molecular flexibility index (Phi) is 4.46. The molecule has 2 N–H and O–H groups in total. The summed E-state index contributed by atoms with van der Waals surface area (Å²) in [4.78, 5) is 33.3. The third-order valence-corrected chi connectivity index (χ3v) is 3.20. The van der Waals surface area contributed by atoms with Crippen LogP contribution in [0.5, 0.6) is 0 Å². The molecule has 0 spiro atoms. The number of hydrogen-bond donors (Lipinski definition) is 2. The van der Waals surface area contributed by atoms with Crippen LogP contribution in [0.2, 0.25) is 0 Å². The predicted molar refractivity (Wildman–Crippen MR) is 71.4 cm³/mol. The molecule has 1 fully saturated rings. The van der Waals surface area contributed by atoms with Gasteiger partial charge in [-0.05, 0) is 19.4 Å². The van der Waals surface area contributed by atoms with Crippen molar-refractivity contribution in [2.75, 3.05) is 13.1 Å². The molecule has 1 saturated heterocycles. The molecule has 0 saturated carbocycles. The van der Waals surface area contributed by atoms with Crippen molar-refractivity contribution in [3.63, 3.8) is 0 Å². The van der Waals surface area contributed by atoms with Gasteiger partial charge in [-0.25, -0.2) is 0 Å². The van der Waals surface area contributed by atoms with Crippen molar-refractivity contribution in [3.8, 4) is 0 Å². The standard InChI is InChI=1S/C12H16N4O4/c17-11(14-6-9-2-1-5-13-9)8-15-7-10(16(19)20)3-4-12(15)18/h3-4,7,9,13H,1-2,5-6,8H2,(H,14,17). The lowest BCUT2D eigenvalue weighted by atomic mass is 10.2. The SMILES string of the molecule is O=C(Cn1cc([N+](=O)[O-])ccc1=O)NCC1CCCN1. The Morgan fingerprint density at radius 1 is 1.55 bits per heavy atom. The number of pyridine rings is 1. The van der Waals surface area contributed by atoms with Crippen LogP contribution < -0.4 is 16.2 Å². The van der Waals surface area contributed by atoms with E-state index in [9.17, 15) is 19.7 Å². The van der Waals surface area contributed by atoms with Crippen molar-refractivity contribution < 1.29 is 9.72 Å². The van der Waals surface area contributed by atoms with E-state index in [1.165, 1.54) is 0 Å². The summed E-state index contributed by atoms with van der Waals surface area (Å²) >= 11 is 0. The second kappa shape index (κ2) is 6.29. The van der Waals surface area contributed by atoms with Crippen LogP contribution in [0.3, 0.4) is 0 Å². The van der Waals surface area contributed by atoms with Crippen molar-refractivity contribution in [2.24, 2.45) is 0 Å². The molecule has 1 unspecified atom stereocenters. The lowest BCUT2D eigenvalue weighted by Crippen LogP contribution is -2.39. The fraction of sp³-hybridized carbons (Fsp3) is 0.500. The Hall–Kier alpha value is -2.22. The molecule has 0 aliphatic carbocycles. The molecular weight excluding hydrogens is 264 g/mol. The largest absolute Gasteiger partial charge is 0.353 e. The predicted octanol–water partition coefficient (Wildman–Crippen LogP) is -0.375. The van der Waals surface area contributed by atoms with Crippen LogP contribution in [-0.4, -0.2) is 34.5 Å². The highest BCUT2D eigenvalue weighted by atomic mass is 16.6. The Bertz CT molecular complexity index is 563. The molecule has 1 atom stereocenters. The summed E-state index contributed by atoms with van der Waals surface area (Å²) in [5.41, 5.74) is -0.653. The first kappa shape index (κ1) is 14.2. The number of amides is 1. The number of nitrogens with one attached hydrogen (secondary N) is 2. The molecule has 1 aliphatic rings. The maximum absolute atomic E-state index is 11.7. The second-order valence-electron chi connectivity index (χ2n) is 4.71. The molecule has 0 bridgehead atoms. The van der Waals surface area contributed by atoms with E-state index in [0.717, 1.165) is 42.3 Å². The minimum Gasteiger partial charge on any atom is -0.353 e. The molecule has 8 heteroatoms. The summed E-state index contributed by atoms with van der Waals surface area (Å²) in [7, 11) is 0. The molecule has 1 aromatic heterocycles. The minimum atomic E-state index is -0.601. The van der Waals surface area contributed by atoms with Gasteiger partial charge in [0.25, 0.3) is 11.2 Å². The zero-order valence-corrected chi connectivity index (χ0v) is 10.9. The highest BCUT2D eigenvalue weighted by molar-refractivity contribution is 5.75. The molecule has 2 heterocycles. The highest BCUT2D eigenvalue weighted by Gasteiger charge is 2.15. The summed E-state index contributed by atoms with van der Waals surface area (Å²) in [6.07, 6.45) is 3.18. The number of carbonyl (C=O) groups excluding carboxylic acids is 1. The van der Waals surface area contributed by atoms with Gasteiger partial charge in [0, 0.05) is 24.7 Å². The smallest absolute Gasteiger partial charge is 0.285 e. The van der Waals surface area contributed by atoms with Gasteiger partial charge in [0.15, 0.2) is 0 Å². The summed E-state index contributed by atoms with van der Waals surface area (Å²) < 4.78 is 1.04. The lowest BCUT2D eigenvalue weighted by molar-refractivity contribution is -0.385. The minimum absolute atomic E-state index is 0.213. The molecule has 2 rings (SSSR count). The van der Waals surface area contributed by atoms with Crippen molar-refractivity contribution in [3.05, 3.63) is 38.8 Å². The van der Waals surface area contributed by atoms with Gasteiger partial charge < -0.3 is 10.6 Å². The van der Waals surface area contributed by atoms with E-state index < -0.39 is 10.5 Å². The molecule has 1 aliphatic heterocycles. The monoisotopic (exact) mass is 280 g/mol. The number of nitro groups is 1. The number of hydrogen-bond acceptors (Lipinski definition) is 5. The number of carbonyl (C=O) groups is 1. The summed E-state index contributed by atoms with van der Waals surface area (Å²) in [5, 5.41) is 16.6. The average molecular weight is 280 g/mol. The van der Waals surface area contributed by atoms with Crippen molar-refractivity contribution in [2.45, 2.75) is 25.4 Å². The zero-order valence-electron chi connectivity index (χ0n) is 10.9. The molecule has 108 valence electrons. The Morgan fingerprint density at radius 2 is 2.35 bits per heavy atom. The van der Waals surface area contributed by atoms with E-state index in [1.807, 2.05) is 0 Å². The molecule has 1 aromatic rings. The number of aromatic nitrogens is 1. The van der Waals surface area contributed by atoms with Gasteiger partial charge in [0.2, 0.25) is 5.91 Å². The summed E-state index contributed by atoms with van der Waals surface area (Å²) in [5.74, 6) is -0.332. The van der Waals surface area contributed by atoms with Gasteiger partial charge in [-0.3, -0.25) is 24.3 Å². The van der Waals surface area contributed by atoms with Gasteiger partial charge in [0.05, 0.1) is 11.1 Å². The highest BCUT2D eigenvalue weighted by Crippen LogP contribution is 2.06. The van der Waals surface area contributed by atoms with E-state index in [4.69, 9.17) is 0 Å². The topological polar surface area (TPSA) is 106 Å². The molecule has 1 amide bonds. The second-order valence-corrected chi connectivity index (χ2v) is 4.71. The third-order valence-electron chi connectivity index (χ3n) is 3.20. The van der Waals surface area contributed by atoms with Gasteiger partial charge in [-0.2, -0.15) is 0 Å². The summed E-state index contributed by atoms with van der Waals surface area (Å²) in [6, 6.07) is 2.48. The molecular formula is C12H16N4O4. The molecule has 0 aromatic carbocycles. The zero-order chi connectivity index (χ0) is 14.5. The Labute approximate surface area is 114 Å². The average Bonchev–Trinajstić information content (AvgIpc) is 2.92. The fourth-order valence-electron chi connectivity index (χ4n) is 2.13. The van der Waals surface area contributed by atoms with E-state index >= 15 is 0 Å². The maximum Gasteiger partial charge on any atom is 0.285 e. The van der Waals surface area contributed by atoms with Crippen LogP contribution in [0.4, 0.5) is 5.69 Å². The van der Waals surface area contributed by atoms with Crippen LogP contribution in [-0.2, 0) is 11.3 Å². The lowest BCUT2D eigenvalue weighted by Gasteiger charge is -2.12. The molecule has 20 heavy (non-hydrogen) atoms. The van der Waals surface area contributed by atoms with Crippen LogP contribution >= 0.6 is 0 Å². The van der Waals surface area contributed by atoms with Gasteiger partial charge in [-0.1, -0.05) is 0 Å². The van der Waals surface area contributed by atoms with Crippen LogP contribution in [0.25, 0.3) is 0 Å². The van der Waals surface area contributed by atoms with Crippen LogP contribution in [0, 0.1) is 10.1 Å².